The molecule has 0 bridgehead atoms. The van der Waals surface area contributed by atoms with Gasteiger partial charge < -0.3 is 9.32 Å². The van der Waals surface area contributed by atoms with Crippen LogP contribution in [0.5, 0.6) is 0 Å². The van der Waals surface area contributed by atoms with Gasteiger partial charge in [0.2, 0.25) is 0 Å². The molecule has 258 valence electrons. The van der Waals surface area contributed by atoms with Gasteiger partial charge in [-0.25, -0.2) is 0 Å². The third kappa shape index (κ3) is 5.48. The number of hydrogen-bond acceptors (Lipinski definition) is 3. The predicted molar refractivity (Wildman–Crippen MR) is 235 cm³/mol. The van der Waals surface area contributed by atoms with E-state index < -0.39 is 0 Å². The number of thiophene rings is 1. The molecule has 0 aliphatic rings. The first kappa shape index (κ1) is 31.6. The highest BCUT2D eigenvalue weighted by Gasteiger charge is 2.17. The first-order chi connectivity index (χ1) is 27.2. The van der Waals surface area contributed by atoms with Crippen LogP contribution in [0, 0.1) is 0 Å². The van der Waals surface area contributed by atoms with Crippen molar-refractivity contribution in [2.24, 2.45) is 0 Å². The van der Waals surface area contributed by atoms with Crippen molar-refractivity contribution < 1.29 is 4.42 Å². The Labute approximate surface area is 322 Å². The van der Waals surface area contributed by atoms with Gasteiger partial charge in [-0.05, 0) is 117 Å². The van der Waals surface area contributed by atoms with Crippen LogP contribution in [0.15, 0.2) is 205 Å². The quantitative estimate of drug-likeness (QED) is 0.170. The number of para-hydroxylation sites is 1. The summed E-state index contributed by atoms with van der Waals surface area (Å²) < 4.78 is 8.89. The van der Waals surface area contributed by atoms with Gasteiger partial charge in [0.1, 0.15) is 11.2 Å². The summed E-state index contributed by atoms with van der Waals surface area (Å²) in [6.45, 7) is 0. The van der Waals surface area contributed by atoms with Crippen LogP contribution in [0.25, 0.3) is 86.3 Å². The normalized spacial score (nSPS) is 11.6. The SMILES string of the molecule is c1cc(-c2cccc(N(c3ccc(-c4ccc5sc6ccccc6c5c4)cc3)c3ccc4oc5ccccc5c4c3)c2)cc(-c2cccc3ccccc23)c1. The molecule has 0 saturated carbocycles. The number of rotatable bonds is 6. The summed E-state index contributed by atoms with van der Waals surface area (Å²) in [6.07, 6.45) is 0. The Morgan fingerprint density at radius 2 is 0.945 bits per heavy atom. The summed E-state index contributed by atoms with van der Waals surface area (Å²) in [4.78, 5) is 2.36. The van der Waals surface area contributed by atoms with Gasteiger partial charge >= 0.3 is 0 Å². The van der Waals surface area contributed by atoms with Crippen molar-refractivity contribution in [2.75, 3.05) is 4.90 Å². The molecule has 55 heavy (non-hydrogen) atoms. The fraction of sp³-hybridized carbons (Fsp3) is 0. The smallest absolute Gasteiger partial charge is 0.135 e. The van der Waals surface area contributed by atoms with Gasteiger partial charge in [-0.1, -0.05) is 127 Å². The predicted octanol–water partition coefficient (Wildman–Crippen LogP) is 15.6. The minimum Gasteiger partial charge on any atom is -0.456 e. The lowest BCUT2D eigenvalue weighted by atomic mass is 9.95. The molecule has 9 aromatic carbocycles. The summed E-state index contributed by atoms with van der Waals surface area (Å²) in [5, 5.41) is 7.35. The zero-order valence-corrected chi connectivity index (χ0v) is 30.6. The summed E-state index contributed by atoms with van der Waals surface area (Å²) in [5.41, 5.74) is 12.2. The maximum Gasteiger partial charge on any atom is 0.135 e. The first-order valence-electron chi connectivity index (χ1n) is 18.7. The van der Waals surface area contributed by atoms with Gasteiger partial charge in [-0.2, -0.15) is 0 Å². The van der Waals surface area contributed by atoms with E-state index in [4.69, 9.17) is 4.42 Å². The number of nitrogens with zero attached hydrogens (tertiary/aromatic N) is 1. The van der Waals surface area contributed by atoms with E-state index in [1.54, 1.807) is 0 Å². The van der Waals surface area contributed by atoms with E-state index in [0.717, 1.165) is 44.6 Å². The third-order valence-corrected chi connectivity index (χ3v) is 12.0. The molecule has 0 radical (unpaired) electrons. The van der Waals surface area contributed by atoms with Crippen LogP contribution in [-0.2, 0) is 0 Å². The molecular formula is C52H33NOS. The Bertz CT molecular complexity index is 3220. The van der Waals surface area contributed by atoms with E-state index in [1.165, 1.54) is 58.8 Å². The minimum absolute atomic E-state index is 0.885. The van der Waals surface area contributed by atoms with Crippen LogP contribution < -0.4 is 4.90 Å². The van der Waals surface area contributed by atoms with Gasteiger partial charge in [0.15, 0.2) is 0 Å². The molecule has 0 aliphatic carbocycles. The molecule has 0 fully saturated rings. The van der Waals surface area contributed by atoms with Crippen LogP contribution in [0.2, 0.25) is 0 Å². The number of furan rings is 1. The van der Waals surface area contributed by atoms with Crippen LogP contribution in [-0.4, -0.2) is 0 Å². The topological polar surface area (TPSA) is 16.4 Å². The van der Waals surface area contributed by atoms with Crippen LogP contribution >= 0.6 is 11.3 Å². The molecule has 3 heteroatoms. The maximum absolute atomic E-state index is 6.25. The summed E-state index contributed by atoms with van der Waals surface area (Å²) in [5.74, 6) is 0. The Morgan fingerprint density at radius 3 is 1.85 bits per heavy atom. The summed E-state index contributed by atoms with van der Waals surface area (Å²) in [6, 6.07) is 72.3. The molecular weight excluding hydrogens is 687 g/mol. The summed E-state index contributed by atoms with van der Waals surface area (Å²) in [7, 11) is 0. The minimum atomic E-state index is 0.885. The average Bonchev–Trinajstić information content (AvgIpc) is 3.82. The largest absolute Gasteiger partial charge is 0.456 e. The molecule has 0 amide bonds. The molecule has 0 atom stereocenters. The van der Waals surface area contributed by atoms with Crippen molar-refractivity contribution in [3.8, 4) is 33.4 Å². The Hall–Kier alpha value is -6.94. The average molecular weight is 720 g/mol. The molecule has 0 saturated heterocycles. The molecule has 0 N–H and O–H groups in total. The fourth-order valence-corrected chi connectivity index (χ4v) is 9.26. The molecule has 11 rings (SSSR count). The van der Waals surface area contributed by atoms with E-state index in [9.17, 15) is 0 Å². The second-order valence-corrected chi connectivity index (χ2v) is 15.2. The third-order valence-electron chi connectivity index (χ3n) is 10.9. The second kappa shape index (κ2) is 12.9. The summed E-state index contributed by atoms with van der Waals surface area (Å²) >= 11 is 1.85. The van der Waals surface area contributed by atoms with Gasteiger partial charge in [0, 0.05) is 48.0 Å². The Morgan fingerprint density at radius 1 is 0.327 bits per heavy atom. The lowest BCUT2D eigenvalue weighted by Gasteiger charge is -2.26. The first-order valence-corrected chi connectivity index (χ1v) is 19.5. The lowest BCUT2D eigenvalue weighted by Crippen LogP contribution is -2.10. The van der Waals surface area contributed by atoms with Gasteiger partial charge in [0.25, 0.3) is 0 Å². The second-order valence-electron chi connectivity index (χ2n) is 14.1. The Kier molecular flexibility index (Phi) is 7.39. The number of benzene rings is 9. The van der Waals surface area contributed by atoms with E-state index in [1.807, 2.05) is 23.5 Å². The van der Waals surface area contributed by atoms with Crippen molar-refractivity contribution in [1.29, 1.82) is 0 Å². The maximum atomic E-state index is 6.25. The standard InChI is InChI=1S/C52H33NOS/c1-2-16-43-35(10-1)11-9-19-44(43)39-14-7-12-36(30-39)37-13-8-15-41(31-37)53(42-27-28-50-47(33-42)45-17-3-5-20-49(45)54-50)40-25-22-34(23-26-40)38-24-29-52-48(32-38)46-18-4-6-21-51(46)55-52/h1-33H. The van der Waals surface area contributed by atoms with Crippen molar-refractivity contribution in [1.82, 2.24) is 0 Å². The van der Waals surface area contributed by atoms with Crippen molar-refractivity contribution >= 4 is 81.3 Å². The molecule has 2 aromatic heterocycles. The van der Waals surface area contributed by atoms with Crippen LogP contribution in [0.1, 0.15) is 0 Å². The molecule has 11 aromatic rings. The van der Waals surface area contributed by atoms with E-state index in [0.29, 0.717) is 0 Å². The van der Waals surface area contributed by atoms with Crippen LogP contribution in [0.4, 0.5) is 17.1 Å². The van der Waals surface area contributed by atoms with Crippen molar-refractivity contribution in [2.45, 2.75) is 0 Å². The zero-order chi connectivity index (χ0) is 36.3. The van der Waals surface area contributed by atoms with E-state index >= 15 is 0 Å². The molecule has 0 spiro atoms. The number of fused-ring (bicyclic) bond motifs is 7. The fourth-order valence-electron chi connectivity index (χ4n) is 8.18. The zero-order valence-electron chi connectivity index (χ0n) is 29.8. The molecule has 2 heterocycles. The highest BCUT2D eigenvalue weighted by molar-refractivity contribution is 7.25. The van der Waals surface area contributed by atoms with E-state index in [-0.39, 0.29) is 0 Å². The van der Waals surface area contributed by atoms with E-state index in [2.05, 4.69) is 193 Å². The molecule has 0 aliphatic heterocycles. The molecule has 2 nitrogen and oxygen atoms in total. The Balaban J connectivity index is 1.03. The van der Waals surface area contributed by atoms with Crippen LogP contribution in [0.3, 0.4) is 0 Å². The van der Waals surface area contributed by atoms with Gasteiger partial charge in [-0.3, -0.25) is 0 Å². The monoisotopic (exact) mass is 719 g/mol. The highest BCUT2D eigenvalue weighted by Crippen LogP contribution is 2.42. The molecule has 0 unspecified atom stereocenters. The van der Waals surface area contributed by atoms with Gasteiger partial charge in [-0.15, -0.1) is 11.3 Å². The van der Waals surface area contributed by atoms with Crippen molar-refractivity contribution in [3.05, 3.63) is 200 Å². The lowest BCUT2D eigenvalue weighted by molar-refractivity contribution is 0.669. The number of anilines is 3. The number of hydrogen-bond donors (Lipinski definition) is 0. The highest BCUT2D eigenvalue weighted by atomic mass is 32.1. The van der Waals surface area contributed by atoms with Crippen molar-refractivity contribution in [3.63, 3.8) is 0 Å². The van der Waals surface area contributed by atoms with Gasteiger partial charge in [0.05, 0.1) is 0 Å².